The molecule has 0 saturated carbocycles. The minimum atomic E-state index is -3.44. The van der Waals surface area contributed by atoms with E-state index in [1.165, 1.54) is 4.31 Å². The van der Waals surface area contributed by atoms with Crippen LogP contribution in [0.15, 0.2) is 53.4 Å². The average Bonchev–Trinajstić information content (AvgIpc) is 2.70. The molecule has 0 atom stereocenters. The van der Waals surface area contributed by atoms with Crippen molar-refractivity contribution in [2.75, 3.05) is 32.9 Å². The molecule has 0 aliphatic carbocycles. The lowest BCUT2D eigenvalue weighted by Crippen LogP contribution is -2.40. The number of hydrogen-bond acceptors (Lipinski definition) is 5. The first-order valence-electron chi connectivity index (χ1n) is 9.19. The smallest absolute Gasteiger partial charge is 0.243 e. The summed E-state index contributed by atoms with van der Waals surface area (Å²) in [6.45, 7) is 5.65. The lowest BCUT2D eigenvalue weighted by Gasteiger charge is -2.26. The highest BCUT2D eigenvalue weighted by Gasteiger charge is 2.25. The Kier molecular flexibility index (Phi) is 6.84. The first-order valence-corrected chi connectivity index (χ1v) is 10.6. The van der Waals surface area contributed by atoms with E-state index >= 15 is 0 Å². The van der Waals surface area contributed by atoms with Gasteiger partial charge in [0.25, 0.3) is 0 Å². The number of nitrogens with one attached hydrogen (secondary N) is 1. The van der Waals surface area contributed by atoms with Gasteiger partial charge >= 0.3 is 0 Å². The summed E-state index contributed by atoms with van der Waals surface area (Å²) in [6.07, 6.45) is 0. The monoisotopic (exact) mass is 390 g/mol. The Bertz CT molecular complexity index is 831. The van der Waals surface area contributed by atoms with Crippen molar-refractivity contribution in [2.45, 2.75) is 24.9 Å². The van der Waals surface area contributed by atoms with E-state index in [2.05, 4.69) is 5.32 Å². The van der Waals surface area contributed by atoms with E-state index in [1.807, 2.05) is 43.3 Å². The molecule has 1 saturated heterocycles. The Morgan fingerprint density at radius 3 is 2.44 bits per heavy atom. The molecule has 1 aliphatic heterocycles. The summed E-state index contributed by atoms with van der Waals surface area (Å²) >= 11 is 0. The van der Waals surface area contributed by atoms with Crippen molar-refractivity contribution >= 4 is 10.0 Å². The van der Waals surface area contributed by atoms with Crippen LogP contribution < -0.4 is 10.1 Å². The Hall–Kier alpha value is -1.93. The maximum Gasteiger partial charge on any atom is 0.243 e. The van der Waals surface area contributed by atoms with Gasteiger partial charge in [-0.1, -0.05) is 30.3 Å². The molecule has 6 nitrogen and oxygen atoms in total. The lowest BCUT2D eigenvalue weighted by atomic mass is 10.2. The topological polar surface area (TPSA) is 67.9 Å². The number of nitrogens with zero attached hydrogens (tertiary/aromatic N) is 1. The third-order valence-corrected chi connectivity index (χ3v) is 6.36. The quantitative estimate of drug-likeness (QED) is 0.750. The summed E-state index contributed by atoms with van der Waals surface area (Å²) in [7, 11) is -3.44. The molecule has 0 bridgehead atoms. The van der Waals surface area contributed by atoms with Crippen LogP contribution in [0.2, 0.25) is 0 Å². The zero-order chi connectivity index (χ0) is 19.1. The van der Waals surface area contributed by atoms with Gasteiger partial charge in [0.15, 0.2) is 0 Å². The number of hydrogen-bond donors (Lipinski definition) is 1. The number of ether oxygens (including phenoxy) is 2. The molecule has 2 aromatic rings. The minimum absolute atomic E-state index is 0.329. The SMILES string of the molecule is CCOc1ccccc1CNCc1ccc(S(=O)(=O)N2CCOCC2)cc1. The second-order valence-corrected chi connectivity index (χ2v) is 8.24. The summed E-state index contributed by atoms with van der Waals surface area (Å²) in [6, 6.07) is 15.0. The molecule has 1 aliphatic rings. The molecule has 1 N–H and O–H groups in total. The predicted octanol–water partition coefficient (Wildman–Crippen LogP) is 2.40. The van der Waals surface area contributed by atoms with Crippen LogP contribution >= 0.6 is 0 Å². The largest absolute Gasteiger partial charge is 0.494 e. The van der Waals surface area contributed by atoms with Gasteiger partial charge in [0.05, 0.1) is 24.7 Å². The van der Waals surface area contributed by atoms with E-state index in [0.717, 1.165) is 16.9 Å². The van der Waals surface area contributed by atoms with E-state index < -0.39 is 10.0 Å². The number of sulfonamides is 1. The van der Waals surface area contributed by atoms with Crippen molar-refractivity contribution in [3.8, 4) is 5.75 Å². The fraction of sp³-hybridized carbons (Fsp3) is 0.400. The van der Waals surface area contributed by atoms with Gasteiger partial charge < -0.3 is 14.8 Å². The van der Waals surface area contributed by atoms with Crippen LogP contribution in [-0.4, -0.2) is 45.6 Å². The normalized spacial score (nSPS) is 15.6. The van der Waals surface area contributed by atoms with Crippen LogP contribution in [0.1, 0.15) is 18.1 Å². The Morgan fingerprint density at radius 2 is 1.74 bits per heavy atom. The molecule has 0 unspecified atom stereocenters. The highest BCUT2D eigenvalue weighted by atomic mass is 32.2. The lowest BCUT2D eigenvalue weighted by molar-refractivity contribution is 0.0730. The fourth-order valence-corrected chi connectivity index (χ4v) is 4.41. The molecule has 1 heterocycles. The average molecular weight is 391 g/mol. The van der Waals surface area contributed by atoms with Gasteiger partial charge in [-0.15, -0.1) is 0 Å². The second kappa shape index (κ2) is 9.32. The number of morpholine rings is 1. The first-order chi connectivity index (χ1) is 13.1. The third-order valence-electron chi connectivity index (χ3n) is 4.45. The number of rotatable bonds is 8. The Balaban J connectivity index is 1.58. The van der Waals surface area contributed by atoms with E-state index in [9.17, 15) is 8.42 Å². The Morgan fingerprint density at radius 1 is 1.04 bits per heavy atom. The van der Waals surface area contributed by atoms with Gasteiger partial charge in [0.2, 0.25) is 10.0 Å². The molecule has 1 fully saturated rings. The molecule has 27 heavy (non-hydrogen) atoms. The maximum atomic E-state index is 12.6. The minimum Gasteiger partial charge on any atom is -0.494 e. The molecule has 146 valence electrons. The molecular formula is C20H26N2O4S. The fourth-order valence-electron chi connectivity index (χ4n) is 3.00. The second-order valence-electron chi connectivity index (χ2n) is 6.30. The summed E-state index contributed by atoms with van der Waals surface area (Å²) in [5.74, 6) is 0.888. The molecule has 0 spiro atoms. The van der Waals surface area contributed by atoms with E-state index in [4.69, 9.17) is 9.47 Å². The molecule has 0 amide bonds. The molecule has 7 heteroatoms. The summed E-state index contributed by atoms with van der Waals surface area (Å²) < 4.78 is 37.6. The van der Waals surface area contributed by atoms with Gasteiger partial charge in [-0.3, -0.25) is 0 Å². The van der Waals surface area contributed by atoms with Crippen molar-refractivity contribution in [1.82, 2.24) is 9.62 Å². The van der Waals surface area contributed by atoms with Crippen LogP contribution in [0.25, 0.3) is 0 Å². The maximum absolute atomic E-state index is 12.6. The van der Waals surface area contributed by atoms with Gasteiger partial charge in [-0.25, -0.2) is 8.42 Å². The van der Waals surface area contributed by atoms with Gasteiger partial charge in [0, 0.05) is 31.7 Å². The van der Waals surface area contributed by atoms with Gasteiger partial charge in [0.1, 0.15) is 5.75 Å². The number of benzene rings is 2. The molecule has 0 aromatic heterocycles. The molecule has 0 radical (unpaired) electrons. The van der Waals surface area contributed by atoms with Crippen LogP contribution in [0.5, 0.6) is 5.75 Å². The van der Waals surface area contributed by atoms with Crippen LogP contribution in [0.3, 0.4) is 0 Å². The zero-order valence-electron chi connectivity index (χ0n) is 15.6. The third kappa shape index (κ3) is 5.07. The standard InChI is InChI=1S/C20H26N2O4S/c1-2-26-20-6-4-3-5-18(20)16-21-15-17-7-9-19(10-8-17)27(23,24)22-11-13-25-14-12-22/h3-10,21H,2,11-16H2,1H3. The Labute approximate surface area is 161 Å². The molecule has 2 aromatic carbocycles. The van der Waals surface area contributed by atoms with Crippen LogP contribution in [0.4, 0.5) is 0 Å². The summed E-state index contributed by atoms with van der Waals surface area (Å²) in [4.78, 5) is 0.329. The van der Waals surface area contributed by atoms with Crippen LogP contribution in [-0.2, 0) is 27.8 Å². The van der Waals surface area contributed by atoms with Crippen molar-refractivity contribution in [3.05, 3.63) is 59.7 Å². The van der Waals surface area contributed by atoms with Crippen LogP contribution in [0, 0.1) is 0 Å². The number of para-hydroxylation sites is 1. The molecule has 3 rings (SSSR count). The van der Waals surface area contributed by atoms with Crippen molar-refractivity contribution in [1.29, 1.82) is 0 Å². The van der Waals surface area contributed by atoms with E-state index in [-0.39, 0.29) is 0 Å². The summed E-state index contributed by atoms with van der Waals surface area (Å²) in [5, 5.41) is 3.38. The molecular weight excluding hydrogens is 364 g/mol. The van der Waals surface area contributed by atoms with Crippen molar-refractivity contribution < 1.29 is 17.9 Å². The highest BCUT2D eigenvalue weighted by molar-refractivity contribution is 7.89. The predicted molar refractivity (Wildman–Crippen MR) is 104 cm³/mol. The van der Waals surface area contributed by atoms with Gasteiger partial charge in [-0.2, -0.15) is 4.31 Å². The van der Waals surface area contributed by atoms with E-state index in [1.54, 1.807) is 12.1 Å². The summed E-state index contributed by atoms with van der Waals surface area (Å²) in [5.41, 5.74) is 2.13. The zero-order valence-corrected chi connectivity index (χ0v) is 16.4. The van der Waals surface area contributed by atoms with E-state index in [0.29, 0.717) is 50.9 Å². The highest BCUT2D eigenvalue weighted by Crippen LogP contribution is 2.19. The first kappa shape index (κ1) is 19.8. The van der Waals surface area contributed by atoms with Crippen molar-refractivity contribution in [3.63, 3.8) is 0 Å². The van der Waals surface area contributed by atoms with Crippen molar-refractivity contribution in [2.24, 2.45) is 0 Å². The van der Waals surface area contributed by atoms with Gasteiger partial charge in [-0.05, 0) is 30.7 Å².